The first kappa shape index (κ1) is 20.2. The van der Waals surface area contributed by atoms with Crippen LogP contribution in [-0.4, -0.2) is 62.4 Å². The van der Waals surface area contributed by atoms with Crippen LogP contribution in [0.4, 0.5) is 0 Å². The maximum Gasteiger partial charge on any atom is 0.223 e. The lowest BCUT2D eigenvalue weighted by molar-refractivity contribution is -0.133. The lowest BCUT2D eigenvalue weighted by atomic mass is 10.1. The van der Waals surface area contributed by atoms with Gasteiger partial charge in [0.15, 0.2) is 5.78 Å². The molecule has 2 aliphatic heterocycles. The summed E-state index contributed by atoms with van der Waals surface area (Å²) in [6.07, 6.45) is 5.28. The summed E-state index contributed by atoms with van der Waals surface area (Å²) in [5.41, 5.74) is 0. The average Bonchev–Trinajstić information content (AvgIpc) is 3.25. The molecule has 1 saturated heterocycles. The highest BCUT2D eigenvalue weighted by molar-refractivity contribution is 7.14. The van der Waals surface area contributed by atoms with E-state index in [9.17, 15) is 9.59 Å². The number of carbonyl (C=O) groups excluding carboxylic acids is 2. The normalized spacial score (nSPS) is 17.8. The van der Waals surface area contributed by atoms with Crippen molar-refractivity contribution in [2.45, 2.75) is 58.5 Å². The van der Waals surface area contributed by atoms with Crippen molar-refractivity contribution in [3.8, 4) is 0 Å². The van der Waals surface area contributed by atoms with Crippen LogP contribution < -0.4 is 0 Å². The standard InChI is InChI=1S/C21H29N5O2S/c1-16-6-8-18(29-16)17(27)7-9-21(28)25-13-11-24(12-14-25)15-20-23-22-19-5-3-2-4-10-26(19)20/h6,8H,2-5,7,9-15H2,1H3. The van der Waals surface area contributed by atoms with Crippen molar-refractivity contribution >= 4 is 23.0 Å². The zero-order chi connectivity index (χ0) is 20.2. The molecular formula is C21H29N5O2S. The third-order valence-electron chi connectivity index (χ3n) is 5.86. The summed E-state index contributed by atoms with van der Waals surface area (Å²) >= 11 is 1.50. The molecule has 1 fully saturated rings. The van der Waals surface area contributed by atoms with Gasteiger partial charge >= 0.3 is 0 Å². The number of fused-ring (bicyclic) bond motifs is 1. The van der Waals surface area contributed by atoms with E-state index in [2.05, 4.69) is 19.7 Å². The molecule has 0 aromatic carbocycles. The van der Waals surface area contributed by atoms with Crippen LogP contribution in [0.1, 0.15) is 58.3 Å². The molecule has 29 heavy (non-hydrogen) atoms. The summed E-state index contributed by atoms with van der Waals surface area (Å²) in [5.74, 6) is 2.33. The molecule has 0 atom stereocenters. The van der Waals surface area contributed by atoms with E-state index in [4.69, 9.17) is 0 Å². The predicted octanol–water partition coefficient (Wildman–Crippen LogP) is 2.68. The zero-order valence-corrected chi connectivity index (χ0v) is 17.9. The maximum absolute atomic E-state index is 12.5. The summed E-state index contributed by atoms with van der Waals surface area (Å²) in [7, 11) is 0. The number of rotatable bonds is 6. The Bertz CT molecular complexity index is 866. The zero-order valence-electron chi connectivity index (χ0n) is 17.1. The molecule has 0 bridgehead atoms. The molecule has 7 nitrogen and oxygen atoms in total. The topological polar surface area (TPSA) is 71.3 Å². The van der Waals surface area contributed by atoms with Crippen LogP contribution >= 0.6 is 11.3 Å². The number of amides is 1. The monoisotopic (exact) mass is 415 g/mol. The van der Waals surface area contributed by atoms with Crippen molar-refractivity contribution in [1.29, 1.82) is 0 Å². The van der Waals surface area contributed by atoms with Gasteiger partial charge in [0, 0.05) is 56.9 Å². The number of nitrogens with zero attached hydrogens (tertiary/aromatic N) is 5. The van der Waals surface area contributed by atoms with E-state index < -0.39 is 0 Å². The van der Waals surface area contributed by atoms with Gasteiger partial charge in [0.2, 0.25) is 5.91 Å². The molecule has 0 unspecified atom stereocenters. The van der Waals surface area contributed by atoms with Crippen LogP contribution in [0.15, 0.2) is 12.1 Å². The van der Waals surface area contributed by atoms with Crippen molar-refractivity contribution in [3.63, 3.8) is 0 Å². The summed E-state index contributed by atoms with van der Waals surface area (Å²) in [4.78, 5) is 30.9. The fraction of sp³-hybridized carbons (Fsp3) is 0.619. The first-order valence-electron chi connectivity index (χ1n) is 10.6. The van der Waals surface area contributed by atoms with E-state index in [-0.39, 0.29) is 11.7 Å². The van der Waals surface area contributed by atoms with E-state index in [1.54, 1.807) is 0 Å². The summed E-state index contributed by atoms with van der Waals surface area (Å²) in [5, 5.41) is 8.80. The van der Waals surface area contributed by atoms with Crippen LogP contribution in [0.2, 0.25) is 0 Å². The van der Waals surface area contributed by atoms with Crippen molar-refractivity contribution in [1.82, 2.24) is 24.6 Å². The quantitative estimate of drug-likeness (QED) is 0.679. The van der Waals surface area contributed by atoms with Gasteiger partial charge in [-0.25, -0.2) is 0 Å². The Morgan fingerprint density at radius 2 is 1.83 bits per heavy atom. The second kappa shape index (κ2) is 9.17. The lowest BCUT2D eigenvalue weighted by Crippen LogP contribution is -2.48. The first-order valence-corrected chi connectivity index (χ1v) is 11.4. The SMILES string of the molecule is Cc1ccc(C(=O)CCC(=O)N2CCN(Cc3nnc4n3CCCCC4)CC2)s1. The number of ketones is 1. The Morgan fingerprint density at radius 3 is 2.59 bits per heavy atom. The highest BCUT2D eigenvalue weighted by Crippen LogP contribution is 2.19. The predicted molar refractivity (Wildman–Crippen MR) is 112 cm³/mol. The average molecular weight is 416 g/mol. The van der Waals surface area contributed by atoms with Crippen LogP contribution in [0.5, 0.6) is 0 Å². The molecule has 4 heterocycles. The Labute approximate surface area is 175 Å². The highest BCUT2D eigenvalue weighted by atomic mass is 32.1. The number of aromatic nitrogens is 3. The number of aryl methyl sites for hydroxylation is 2. The largest absolute Gasteiger partial charge is 0.340 e. The molecule has 1 amide bonds. The van der Waals surface area contributed by atoms with Crippen LogP contribution in [0.25, 0.3) is 0 Å². The van der Waals surface area contributed by atoms with E-state index >= 15 is 0 Å². The van der Waals surface area contributed by atoms with Gasteiger partial charge in [0.25, 0.3) is 0 Å². The smallest absolute Gasteiger partial charge is 0.223 e. The van der Waals surface area contributed by atoms with Gasteiger partial charge in [0.05, 0.1) is 11.4 Å². The van der Waals surface area contributed by atoms with Crippen LogP contribution in [-0.2, 0) is 24.3 Å². The lowest BCUT2D eigenvalue weighted by Gasteiger charge is -2.34. The Morgan fingerprint density at radius 1 is 1.00 bits per heavy atom. The van der Waals surface area contributed by atoms with Gasteiger partial charge in [-0.3, -0.25) is 14.5 Å². The minimum absolute atomic E-state index is 0.0718. The first-order chi connectivity index (χ1) is 14.1. The summed E-state index contributed by atoms with van der Waals surface area (Å²) in [6.45, 7) is 6.92. The molecule has 0 spiro atoms. The fourth-order valence-corrected chi connectivity index (χ4v) is 4.94. The van der Waals surface area contributed by atoms with Gasteiger partial charge in [-0.05, 0) is 31.9 Å². The van der Waals surface area contributed by atoms with Gasteiger partial charge in [-0.1, -0.05) is 6.42 Å². The molecule has 2 aromatic rings. The second-order valence-corrected chi connectivity index (χ2v) is 9.27. The number of carbonyl (C=O) groups is 2. The number of piperazine rings is 1. The second-order valence-electron chi connectivity index (χ2n) is 7.99. The van der Waals surface area contributed by atoms with Gasteiger partial charge in [-0.15, -0.1) is 21.5 Å². The van der Waals surface area contributed by atoms with Crippen molar-refractivity contribution < 1.29 is 9.59 Å². The van der Waals surface area contributed by atoms with Crippen molar-refractivity contribution in [3.05, 3.63) is 33.5 Å². The van der Waals surface area contributed by atoms with Gasteiger partial charge in [-0.2, -0.15) is 0 Å². The van der Waals surface area contributed by atoms with E-state index in [1.807, 2.05) is 24.0 Å². The third kappa shape index (κ3) is 4.93. The number of thiophene rings is 1. The molecule has 2 aliphatic rings. The Kier molecular flexibility index (Phi) is 6.40. The molecular weight excluding hydrogens is 386 g/mol. The number of hydrogen-bond donors (Lipinski definition) is 0. The van der Waals surface area contributed by atoms with Crippen molar-refractivity contribution in [2.24, 2.45) is 0 Å². The summed E-state index contributed by atoms with van der Waals surface area (Å²) in [6, 6.07) is 3.81. The molecule has 8 heteroatoms. The summed E-state index contributed by atoms with van der Waals surface area (Å²) < 4.78 is 2.29. The molecule has 156 valence electrons. The third-order valence-corrected chi connectivity index (χ3v) is 6.90. The van der Waals surface area contributed by atoms with Crippen LogP contribution in [0, 0.1) is 6.92 Å². The minimum Gasteiger partial charge on any atom is -0.340 e. The molecule has 0 saturated carbocycles. The number of hydrogen-bond acceptors (Lipinski definition) is 6. The van der Waals surface area contributed by atoms with E-state index in [0.29, 0.717) is 25.9 Å². The van der Waals surface area contributed by atoms with Gasteiger partial charge < -0.3 is 9.47 Å². The number of Topliss-reactive ketones (excluding diaryl/α,β-unsaturated/α-hetero) is 1. The molecule has 4 rings (SSSR count). The molecule has 2 aromatic heterocycles. The maximum atomic E-state index is 12.5. The van der Waals surface area contributed by atoms with Crippen LogP contribution in [0.3, 0.4) is 0 Å². The molecule has 0 radical (unpaired) electrons. The molecule has 0 aliphatic carbocycles. The Balaban J connectivity index is 1.23. The minimum atomic E-state index is 0.0718. The van der Waals surface area contributed by atoms with E-state index in [0.717, 1.165) is 54.0 Å². The van der Waals surface area contributed by atoms with E-state index in [1.165, 1.54) is 30.6 Å². The van der Waals surface area contributed by atoms with Gasteiger partial charge in [0.1, 0.15) is 11.6 Å². The van der Waals surface area contributed by atoms with Crippen molar-refractivity contribution in [2.75, 3.05) is 26.2 Å². The highest BCUT2D eigenvalue weighted by Gasteiger charge is 2.24. The fourth-order valence-electron chi connectivity index (χ4n) is 4.10. The molecule has 0 N–H and O–H groups in total. The Hall–Kier alpha value is -2.06.